The van der Waals surface area contributed by atoms with E-state index in [1.165, 1.54) is 4.88 Å². The molecule has 1 heterocycles. The SMILES string of the molecule is N#Cc1ccc2c(Cl)c(OCCNCc3ccc(Cl)s3)ccc2c1. The topological polar surface area (TPSA) is 45.0 Å². The zero-order valence-electron chi connectivity index (χ0n) is 12.7. The van der Waals surface area contributed by atoms with Crippen molar-refractivity contribution in [1.82, 2.24) is 5.32 Å². The molecule has 3 rings (SSSR count). The van der Waals surface area contributed by atoms with Gasteiger partial charge in [-0.3, -0.25) is 0 Å². The summed E-state index contributed by atoms with van der Waals surface area (Å²) in [6.45, 7) is 1.99. The molecular formula is C18H14Cl2N2OS. The predicted octanol–water partition coefficient (Wildman–Crippen LogP) is 5.25. The van der Waals surface area contributed by atoms with E-state index in [2.05, 4.69) is 11.4 Å². The summed E-state index contributed by atoms with van der Waals surface area (Å²) in [4.78, 5) is 1.19. The van der Waals surface area contributed by atoms with Crippen molar-refractivity contribution in [3.63, 3.8) is 0 Å². The Morgan fingerprint density at radius 3 is 2.75 bits per heavy atom. The van der Waals surface area contributed by atoms with E-state index in [0.29, 0.717) is 29.5 Å². The highest BCUT2D eigenvalue weighted by molar-refractivity contribution is 7.16. The minimum absolute atomic E-state index is 0.514. The number of nitriles is 1. The first-order valence-corrected chi connectivity index (χ1v) is 8.95. The number of hydrogen-bond donors (Lipinski definition) is 1. The Bertz CT molecular complexity index is 902. The van der Waals surface area contributed by atoms with Gasteiger partial charge in [0, 0.05) is 23.4 Å². The van der Waals surface area contributed by atoms with E-state index >= 15 is 0 Å². The maximum absolute atomic E-state index is 8.95. The Kier molecular flexibility index (Phi) is 5.60. The van der Waals surface area contributed by atoms with Crippen LogP contribution in [0.4, 0.5) is 0 Å². The quantitative estimate of drug-likeness (QED) is 0.597. The fraction of sp³-hybridized carbons (Fsp3) is 0.167. The molecule has 3 aromatic rings. The van der Waals surface area contributed by atoms with E-state index in [9.17, 15) is 0 Å². The second kappa shape index (κ2) is 7.87. The van der Waals surface area contributed by atoms with E-state index in [1.54, 1.807) is 17.4 Å². The first kappa shape index (κ1) is 17.1. The maximum atomic E-state index is 8.95. The summed E-state index contributed by atoms with van der Waals surface area (Å²) in [5, 5.41) is 14.6. The van der Waals surface area contributed by atoms with Crippen LogP contribution in [0.5, 0.6) is 5.75 Å². The molecule has 0 atom stereocenters. The summed E-state index contributed by atoms with van der Waals surface area (Å²) in [5.41, 5.74) is 0.616. The third-order valence-electron chi connectivity index (χ3n) is 3.51. The molecule has 0 spiro atoms. The van der Waals surface area contributed by atoms with Crippen LogP contribution in [0.3, 0.4) is 0 Å². The lowest BCUT2D eigenvalue weighted by atomic mass is 10.1. The normalized spacial score (nSPS) is 10.7. The summed E-state index contributed by atoms with van der Waals surface area (Å²) in [6, 6.07) is 15.2. The Hall–Kier alpha value is -1.77. The van der Waals surface area contributed by atoms with E-state index < -0.39 is 0 Å². The highest BCUT2D eigenvalue weighted by Crippen LogP contribution is 2.33. The van der Waals surface area contributed by atoms with E-state index in [4.69, 9.17) is 33.2 Å². The van der Waals surface area contributed by atoms with Gasteiger partial charge in [-0.2, -0.15) is 5.26 Å². The van der Waals surface area contributed by atoms with Crippen LogP contribution in [0.2, 0.25) is 9.36 Å². The van der Waals surface area contributed by atoms with Gasteiger partial charge in [-0.1, -0.05) is 35.3 Å². The van der Waals surface area contributed by atoms with E-state index in [-0.39, 0.29) is 0 Å². The lowest BCUT2D eigenvalue weighted by molar-refractivity contribution is 0.314. The summed E-state index contributed by atoms with van der Waals surface area (Å²) in [5.74, 6) is 0.648. The first-order valence-electron chi connectivity index (χ1n) is 7.37. The largest absolute Gasteiger partial charge is 0.491 e. The van der Waals surface area contributed by atoms with Gasteiger partial charge >= 0.3 is 0 Å². The van der Waals surface area contributed by atoms with Crippen LogP contribution in [-0.2, 0) is 6.54 Å². The molecule has 6 heteroatoms. The van der Waals surface area contributed by atoms with Crippen LogP contribution in [0.25, 0.3) is 10.8 Å². The third-order valence-corrected chi connectivity index (χ3v) is 5.13. The molecule has 0 aliphatic rings. The molecule has 2 aromatic carbocycles. The maximum Gasteiger partial charge on any atom is 0.138 e. The summed E-state index contributed by atoms with van der Waals surface area (Å²) < 4.78 is 6.56. The molecule has 0 bridgehead atoms. The molecule has 0 amide bonds. The average molecular weight is 377 g/mol. The lowest BCUT2D eigenvalue weighted by Crippen LogP contribution is -2.20. The Morgan fingerprint density at radius 2 is 2.00 bits per heavy atom. The second-order valence-corrected chi connectivity index (χ2v) is 7.33. The van der Waals surface area contributed by atoms with Crippen LogP contribution >= 0.6 is 34.5 Å². The molecule has 0 unspecified atom stereocenters. The fourth-order valence-corrected chi connectivity index (χ4v) is 3.69. The zero-order valence-corrected chi connectivity index (χ0v) is 15.0. The van der Waals surface area contributed by atoms with Gasteiger partial charge in [0.2, 0.25) is 0 Å². The van der Waals surface area contributed by atoms with E-state index in [1.807, 2.05) is 36.4 Å². The number of thiophene rings is 1. The number of halogens is 2. The van der Waals surface area contributed by atoms with Gasteiger partial charge in [0.1, 0.15) is 12.4 Å². The Balaban J connectivity index is 1.57. The van der Waals surface area contributed by atoms with Crippen molar-refractivity contribution in [2.24, 2.45) is 0 Å². The number of hydrogen-bond acceptors (Lipinski definition) is 4. The standard InChI is InChI=1S/C18H14Cl2N2OS/c19-17-6-3-14(24-17)11-22-7-8-23-16-5-2-13-9-12(10-21)1-4-15(13)18(16)20/h1-6,9,22H,7-8,11H2. The second-order valence-electron chi connectivity index (χ2n) is 5.16. The lowest BCUT2D eigenvalue weighted by Gasteiger charge is -2.10. The molecule has 0 radical (unpaired) electrons. The monoisotopic (exact) mass is 376 g/mol. The Morgan fingerprint density at radius 1 is 1.12 bits per heavy atom. The van der Waals surface area contributed by atoms with Crippen molar-refractivity contribution >= 4 is 45.3 Å². The number of nitrogens with zero attached hydrogens (tertiary/aromatic N) is 1. The predicted molar refractivity (Wildman–Crippen MR) is 100 cm³/mol. The third kappa shape index (κ3) is 4.00. The van der Waals surface area contributed by atoms with Crippen molar-refractivity contribution in [3.8, 4) is 11.8 Å². The van der Waals surface area contributed by atoms with Gasteiger partial charge in [0.15, 0.2) is 0 Å². The number of nitrogens with one attached hydrogen (secondary N) is 1. The molecular weight excluding hydrogens is 363 g/mol. The molecule has 1 aromatic heterocycles. The number of rotatable bonds is 6. The van der Waals surface area contributed by atoms with Crippen LogP contribution in [0.15, 0.2) is 42.5 Å². The van der Waals surface area contributed by atoms with Gasteiger partial charge < -0.3 is 10.1 Å². The molecule has 122 valence electrons. The molecule has 0 aliphatic heterocycles. The highest BCUT2D eigenvalue weighted by Gasteiger charge is 2.07. The van der Waals surface area contributed by atoms with Crippen LogP contribution in [-0.4, -0.2) is 13.2 Å². The van der Waals surface area contributed by atoms with Crippen LogP contribution < -0.4 is 10.1 Å². The molecule has 0 saturated carbocycles. The van der Waals surface area contributed by atoms with Crippen molar-refractivity contribution in [3.05, 3.63) is 62.3 Å². The molecule has 24 heavy (non-hydrogen) atoms. The van der Waals surface area contributed by atoms with Crippen molar-refractivity contribution < 1.29 is 4.74 Å². The molecule has 1 N–H and O–H groups in total. The number of benzene rings is 2. The van der Waals surface area contributed by atoms with Crippen molar-refractivity contribution in [1.29, 1.82) is 5.26 Å². The van der Waals surface area contributed by atoms with Crippen LogP contribution in [0.1, 0.15) is 10.4 Å². The summed E-state index contributed by atoms with van der Waals surface area (Å²) in [6.07, 6.45) is 0. The van der Waals surface area contributed by atoms with Gasteiger partial charge in [-0.15, -0.1) is 11.3 Å². The van der Waals surface area contributed by atoms with Crippen molar-refractivity contribution in [2.45, 2.75) is 6.54 Å². The minimum Gasteiger partial charge on any atom is -0.491 e. The molecule has 0 aliphatic carbocycles. The van der Waals surface area contributed by atoms with Crippen molar-refractivity contribution in [2.75, 3.05) is 13.2 Å². The van der Waals surface area contributed by atoms with Gasteiger partial charge in [0.05, 0.1) is 21.0 Å². The molecule has 0 fully saturated rings. The zero-order chi connectivity index (χ0) is 16.9. The fourth-order valence-electron chi connectivity index (χ4n) is 2.34. The van der Waals surface area contributed by atoms with Gasteiger partial charge in [-0.25, -0.2) is 0 Å². The summed E-state index contributed by atoms with van der Waals surface area (Å²) >= 11 is 13.9. The first-order chi connectivity index (χ1) is 11.7. The summed E-state index contributed by atoms with van der Waals surface area (Å²) in [7, 11) is 0. The van der Waals surface area contributed by atoms with Crippen LogP contribution in [0, 0.1) is 11.3 Å². The smallest absolute Gasteiger partial charge is 0.138 e. The van der Waals surface area contributed by atoms with Gasteiger partial charge in [-0.05, 0) is 35.7 Å². The minimum atomic E-state index is 0.514. The van der Waals surface area contributed by atoms with Gasteiger partial charge in [0.25, 0.3) is 0 Å². The number of fused-ring (bicyclic) bond motifs is 1. The highest BCUT2D eigenvalue weighted by atomic mass is 35.5. The molecule has 0 saturated heterocycles. The Labute approximate surface area is 154 Å². The van der Waals surface area contributed by atoms with E-state index in [0.717, 1.165) is 21.7 Å². The average Bonchev–Trinajstić information content (AvgIpc) is 3.01. The molecule has 3 nitrogen and oxygen atoms in total. The number of ether oxygens (including phenoxy) is 1.